The topological polar surface area (TPSA) is 156 Å². The van der Waals surface area contributed by atoms with Crippen LogP contribution in [-0.2, 0) is 10.1 Å². The van der Waals surface area contributed by atoms with E-state index in [1.54, 1.807) is 11.3 Å². The molecular weight excluding hydrogens is 522 g/mol. The molecule has 36 heavy (non-hydrogen) atoms. The average Bonchev–Trinajstić information content (AvgIpc) is 3.23. The van der Waals surface area contributed by atoms with Gasteiger partial charge in [0, 0.05) is 16.9 Å². The molecule has 0 aliphatic carbocycles. The molecule has 0 saturated carbocycles. The fourth-order valence-electron chi connectivity index (χ4n) is 3.41. The van der Waals surface area contributed by atoms with Crippen molar-refractivity contribution < 1.29 is 13.0 Å². The predicted octanol–water partition coefficient (Wildman–Crippen LogP) is 5.43. The van der Waals surface area contributed by atoms with Crippen LogP contribution in [-0.4, -0.2) is 32.9 Å². The molecular formula is C23H18ClN7O3S2. The Labute approximate surface area is 215 Å². The maximum Gasteiger partial charge on any atom is 0.296 e. The second-order valence-electron chi connectivity index (χ2n) is 7.80. The first-order valence-electron chi connectivity index (χ1n) is 10.4. The molecule has 5 rings (SSSR count). The number of benzene rings is 3. The van der Waals surface area contributed by atoms with E-state index in [9.17, 15) is 13.0 Å². The molecule has 13 heteroatoms. The van der Waals surface area contributed by atoms with Gasteiger partial charge in [0.05, 0.1) is 15.9 Å². The number of nitrogens with one attached hydrogen (secondary N) is 2. The molecule has 0 saturated heterocycles. The molecule has 0 aliphatic heterocycles. The van der Waals surface area contributed by atoms with Gasteiger partial charge in [-0.25, -0.2) is 4.98 Å². The smallest absolute Gasteiger partial charge is 0.296 e. The number of aryl methyl sites for hydroxylation is 1. The number of rotatable bonds is 6. The van der Waals surface area contributed by atoms with Gasteiger partial charge in [0.1, 0.15) is 9.90 Å². The van der Waals surface area contributed by atoms with Crippen LogP contribution in [0.2, 0.25) is 5.28 Å². The summed E-state index contributed by atoms with van der Waals surface area (Å²) in [6.07, 6.45) is 0. The second kappa shape index (κ2) is 9.32. The molecule has 5 aromatic rings. The minimum absolute atomic E-state index is 0.0601. The van der Waals surface area contributed by atoms with Gasteiger partial charge in [-0.15, -0.1) is 11.3 Å². The Morgan fingerprint density at radius 1 is 0.889 bits per heavy atom. The highest BCUT2D eigenvalue weighted by atomic mass is 35.5. The number of hydrogen-bond acceptors (Lipinski definition) is 10. The molecule has 3 aromatic carbocycles. The first-order valence-corrected chi connectivity index (χ1v) is 13.1. The molecule has 182 valence electrons. The number of halogens is 1. The summed E-state index contributed by atoms with van der Waals surface area (Å²) in [4.78, 5) is 16.6. The van der Waals surface area contributed by atoms with Crippen LogP contribution < -0.4 is 16.4 Å². The van der Waals surface area contributed by atoms with E-state index in [1.807, 2.05) is 36.4 Å². The fraction of sp³-hybridized carbons (Fsp3) is 0.0435. The Morgan fingerprint density at radius 2 is 1.56 bits per heavy atom. The number of anilines is 5. The average molecular weight is 540 g/mol. The van der Waals surface area contributed by atoms with Gasteiger partial charge >= 0.3 is 0 Å². The largest absolute Gasteiger partial charge is 0.398 e. The van der Waals surface area contributed by atoms with Crippen LogP contribution in [0.3, 0.4) is 0 Å². The van der Waals surface area contributed by atoms with Gasteiger partial charge in [-0.2, -0.15) is 23.4 Å². The van der Waals surface area contributed by atoms with E-state index in [-0.39, 0.29) is 28.6 Å². The minimum atomic E-state index is -4.50. The van der Waals surface area contributed by atoms with Crippen molar-refractivity contribution in [1.29, 1.82) is 0 Å². The summed E-state index contributed by atoms with van der Waals surface area (Å²) in [5.74, 6) is 0.233. The fourth-order valence-corrected chi connectivity index (χ4v) is 5.28. The Morgan fingerprint density at radius 3 is 2.25 bits per heavy atom. The molecule has 0 bridgehead atoms. The van der Waals surface area contributed by atoms with Crippen LogP contribution >= 0.6 is 22.9 Å². The summed E-state index contributed by atoms with van der Waals surface area (Å²) < 4.78 is 33.5. The molecule has 0 amide bonds. The van der Waals surface area contributed by atoms with E-state index >= 15 is 0 Å². The molecule has 2 aromatic heterocycles. The van der Waals surface area contributed by atoms with Gasteiger partial charge in [0.2, 0.25) is 17.2 Å². The number of thiazole rings is 1. The van der Waals surface area contributed by atoms with Crippen molar-refractivity contribution in [3.05, 3.63) is 71.5 Å². The molecule has 0 aliphatic rings. The van der Waals surface area contributed by atoms with E-state index in [4.69, 9.17) is 22.3 Å². The predicted molar refractivity (Wildman–Crippen MR) is 142 cm³/mol. The van der Waals surface area contributed by atoms with Crippen molar-refractivity contribution in [2.75, 3.05) is 16.4 Å². The zero-order chi connectivity index (χ0) is 25.4. The highest BCUT2D eigenvalue weighted by molar-refractivity contribution is 7.86. The summed E-state index contributed by atoms with van der Waals surface area (Å²) >= 11 is 7.69. The molecule has 2 heterocycles. The first-order chi connectivity index (χ1) is 17.1. The first kappa shape index (κ1) is 23.9. The van der Waals surface area contributed by atoms with Crippen molar-refractivity contribution in [3.8, 4) is 10.6 Å². The van der Waals surface area contributed by atoms with Crippen molar-refractivity contribution in [2.45, 2.75) is 11.8 Å². The van der Waals surface area contributed by atoms with Crippen LogP contribution in [0.15, 0.2) is 65.6 Å². The highest BCUT2D eigenvalue weighted by Gasteiger charge is 2.15. The Bertz CT molecular complexity index is 1710. The van der Waals surface area contributed by atoms with E-state index in [1.165, 1.54) is 17.7 Å². The third kappa shape index (κ3) is 5.21. The number of nitrogens with two attached hydrogens (primary N) is 1. The monoisotopic (exact) mass is 539 g/mol. The van der Waals surface area contributed by atoms with E-state index in [0.717, 1.165) is 26.9 Å². The number of aromatic nitrogens is 4. The Balaban J connectivity index is 1.35. The van der Waals surface area contributed by atoms with Crippen LogP contribution in [0.5, 0.6) is 0 Å². The molecule has 5 N–H and O–H groups in total. The number of nitrogen functional groups attached to an aromatic ring is 1. The third-order valence-corrected chi connectivity index (χ3v) is 7.23. The molecule has 0 atom stereocenters. The standard InChI is InChI=1S/C23H18ClN7O3S2/c1-12-2-9-17-18(10-12)35-20(28-17)13-3-5-14(6-4-13)26-22-29-21(24)30-23(31-22)27-15-7-8-16(25)19(11-15)36(32,33)34/h2-11H,25H2,1H3,(H,32,33,34)(H2,26,27,29,30,31). The van der Waals surface area contributed by atoms with Crippen molar-refractivity contribution in [3.63, 3.8) is 0 Å². The number of hydrogen-bond donors (Lipinski definition) is 4. The van der Waals surface area contributed by atoms with Gasteiger partial charge in [-0.1, -0.05) is 6.07 Å². The lowest BCUT2D eigenvalue weighted by atomic mass is 10.2. The summed E-state index contributed by atoms with van der Waals surface area (Å²) in [6, 6.07) is 17.8. The molecule has 0 spiro atoms. The van der Waals surface area contributed by atoms with Crippen molar-refractivity contribution >= 4 is 72.2 Å². The third-order valence-electron chi connectivity index (χ3n) is 5.09. The maximum atomic E-state index is 11.5. The van der Waals surface area contributed by atoms with Crippen molar-refractivity contribution in [2.24, 2.45) is 0 Å². The van der Waals surface area contributed by atoms with Gasteiger partial charge < -0.3 is 16.4 Å². The molecule has 0 unspecified atom stereocenters. The number of nitrogens with zero attached hydrogens (tertiary/aromatic N) is 4. The Kier molecular flexibility index (Phi) is 6.18. The normalized spacial score (nSPS) is 11.5. The summed E-state index contributed by atoms with van der Waals surface area (Å²) in [5, 5.41) is 6.74. The summed E-state index contributed by atoms with van der Waals surface area (Å²) in [7, 11) is -4.50. The van der Waals surface area contributed by atoms with Crippen LogP contribution in [0.4, 0.5) is 29.0 Å². The van der Waals surface area contributed by atoms with Crippen LogP contribution in [0.25, 0.3) is 20.8 Å². The van der Waals surface area contributed by atoms with Gasteiger partial charge in [-0.3, -0.25) is 4.55 Å². The second-order valence-corrected chi connectivity index (χ2v) is 10.6. The highest BCUT2D eigenvalue weighted by Crippen LogP contribution is 2.32. The molecule has 10 nitrogen and oxygen atoms in total. The summed E-state index contributed by atoms with van der Waals surface area (Å²) in [5.41, 5.74) is 9.67. The molecule has 0 fully saturated rings. The van der Waals surface area contributed by atoms with E-state index < -0.39 is 15.0 Å². The lowest BCUT2D eigenvalue weighted by Crippen LogP contribution is -2.06. The molecule has 0 radical (unpaired) electrons. The SMILES string of the molecule is Cc1ccc2nc(-c3ccc(Nc4nc(Cl)nc(Nc5ccc(N)c(S(=O)(=O)O)c5)n4)cc3)sc2c1. The van der Waals surface area contributed by atoms with E-state index in [2.05, 4.69) is 38.6 Å². The zero-order valence-electron chi connectivity index (χ0n) is 18.6. The van der Waals surface area contributed by atoms with Gasteiger partial charge in [-0.05, 0) is 78.7 Å². The van der Waals surface area contributed by atoms with Crippen LogP contribution in [0.1, 0.15) is 5.56 Å². The van der Waals surface area contributed by atoms with Gasteiger partial charge in [0.15, 0.2) is 0 Å². The zero-order valence-corrected chi connectivity index (χ0v) is 21.0. The quantitative estimate of drug-likeness (QED) is 0.162. The maximum absolute atomic E-state index is 11.5. The summed E-state index contributed by atoms with van der Waals surface area (Å²) in [6.45, 7) is 2.06. The van der Waals surface area contributed by atoms with Crippen LogP contribution in [0, 0.1) is 6.92 Å². The van der Waals surface area contributed by atoms with E-state index in [0.29, 0.717) is 5.69 Å². The minimum Gasteiger partial charge on any atom is -0.398 e. The van der Waals surface area contributed by atoms with Gasteiger partial charge in [0.25, 0.3) is 10.1 Å². The lowest BCUT2D eigenvalue weighted by molar-refractivity contribution is 0.483. The van der Waals surface area contributed by atoms with Crippen molar-refractivity contribution in [1.82, 2.24) is 19.9 Å². The number of fused-ring (bicyclic) bond motifs is 1. The Hall–Kier alpha value is -3.84. The lowest BCUT2D eigenvalue weighted by Gasteiger charge is -2.10.